The molecule has 0 aliphatic heterocycles. The van der Waals surface area contributed by atoms with Crippen LogP contribution in [0.25, 0.3) is 10.8 Å². The van der Waals surface area contributed by atoms with E-state index in [1.807, 2.05) is 6.92 Å². The Bertz CT molecular complexity index is 637. The molecule has 0 amide bonds. The summed E-state index contributed by atoms with van der Waals surface area (Å²) in [5, 5.41) is 1.37. The molecular weight excluding hydrogens is 323 g/mol. The highest BCUT2D eigenvalue weighted by Crippen LogP contribution is 2.33. The van der Waals surface area contributed by atoms with Crippen LogP contribution in [0, 0.1) is 5.82 Å². The molecule has 1 aromatic carbocycles. The van der Waals surface area contributed by atoms with Gasteiger partial charge in [0.25, 0.3) is 0 Å². The summed E-state index contributed by atoms with van der Waals surface area (Å²) >= 11 is 3.16. The fourth-order valence-electron chi connectivity index (χ4n) is 1.42. The number of nitrogens with zero attached hydrogens (tertiary/aromatic N) is 1. The van der Waals surface area contributed by atoms with Gasteiger partial charge in [-0.15, -0.1) is 0 Å². The number of fused-ring (bicyclic) bond motifs is 1. The molecule has 0 bridgehead atoms. The molecule has 0 saturated heterocycles. The zero-order chi connectivity index (χ0) is 15.3. The molecule has 2 aromatic rings. The van der Waals surface area contributed by atoms with Gasteiger partial charge < -0.3 is 10.5 Å². The lowest BCUT2D eigenvalue weighted by Crippen LogP contribution is -1.96. The van der Waals surface area contributed by atoms with Crippen molar-refractivity contribution < 1.29 is 9.13 Å². The highest BCUT2D eigenvalue weighted by Gasteiger charge is 2.11. The van der Waals surface area contributed by atoms with E-state index in [4.69, 9.17) is 10.5 Å². The molecule has 2 N–H and O–H groups in total. The molecule has 1 heterocycles. The van der Waals surface area contributed by atoms with Gasteiger partial charge in [0.05, 0.1) is 17.0 Å². The lowest BCUT2D eigenvalue weighted by atomic mass is 10.1. The summed E-state index contributed by atoms with van der Waals surface area (Å²) in [6.45, 7) is 6.20. The van der Waals surface area contributed by atoms with E-state index in [2.05, 4.69) is 40.8 Å². The quantitative estimate of drug-likeness (QED) is 0.765. The number of hydrogen-bond acceptors (Lipinski definition) is 3. The highest BCUT2D eigenvalue weighted by atomic mass is 79.9. The number of pyridine rings is 1. The fourth-order valence-corrected chi connectivity index (χ4v) is 1.95. The van der Waals surface area contributed by atoms with E-state index in [1.165, 1.54) is 18.7 Å². The van der Waals surface area contributed by atoms with Crippen LogP contribution < -0.4 is 10.5 Å². The van der Waals surface area contributed by atoms with Gasteiger partial charge >= 0.3 is 0 Å². The van der Waals surface area contributed by atoms with Crippen LogP contribution in [-0.2, 0) is 0 Å². The number of hydrogen-bond donors (Lipinski definition) is 1. The summed E-state index contributed by atoms with van der Waals surface area (Å²) in [5.41, 5.74) is 6.97. The first kappa shape index (κ1) is 16.4. The van der Waals surface area contributed by atoms with Crippen LogP contribution >= 0.6 is 15.9 Å². The molecule has 1 aromatic heterocycles. The zero-order valence-electron chi connectivity index (χ0n) is 12.0. The van der Waals surface area contributed by atoms with Gasteiger partial charge in [0.1, 0.15) is 11.6 Å². The van der Waals surface area contributed by atoms with Crippen LogP contribution in [0.2, 0.25) is 0 Å². The third kappa shape index (κ3) is 3.93. The number of aromatic nitrogens is 1. The molecule has 0 saturated carbocycles. The predicted molar refractivity (Wildman–Crippen MR) is 85.5 cm³/mol. The first-order chi connectivity index (χ1) is 9.40. The second-order valence-electron chi connectivity index (χ2n) is 4.38. The summed E-state index contributed by atoms with van der Waals surface area (Å²) in [6.07, 6.45) is 2.08. The van der Waals surface area contributed by atoms with Gasteiger partial charge in [0.2, 0.25) is 5.88 Å². The molecule has 0 radical (unpaired) electrons. The van der Waals surface area contributed by atoms with Gasteiger partial charge in [0, 0.05) is 0 Å². The number of rotatable bonds is 1. The minimum absolute atomic E-state index is 0.316. The standard InChI is InChI=1S/C10H8BrFN2O.C5H10/c1-15-10-8-5(4-7(13)14-10)2-3-6(12)9(8)11;1-4-5(2)3/h2-4H,1H3,(H2,13,14);4H,1-3H3. The normalized spacial score (nSPS) is 9.70. The Labute approximate surface area is 126 Å². The summed E-state index contributed by atoms with van der Waals surface area (Å²) in [7, 11) is 1.47. The maximum atomic E-state index is 13.3. The van der Waals surface area contributed by atoms with Crippen molar-refractivity contribution in [2.24, 2.45) is 0 Å². The minimum Gasteiger partial charge on any atom is -0.480 e. The van der Waals surface area contributed by atoms with Gasteiger partial charge in [-0.3, -0.25) is 0 Å². The van der Waals surface area contributed by atoms with Gasteiger partial charge in [0.15, 0.2) is 0 Å². The largest absolute Gasteiger partial charge is 0.480 e. The molecule has 0 unspecified atom stereocenters. The fraction of sp³-hybridized carbons (Fsp3) is 0.267. The van der Waals surface area contributed by atoms with Crippen molar-refractivity contribution in [3.8, 4) is 5.88 Å². The Morgan fingerprint density at radius 3 is 2.50 bits per heavy atom. The second-order valence-corrected chi connectivity index (χ2v) is 5.17. The molecule has 5 heteroatoms. The maximum Gasteiger partial charge on any atom is 0.224 e. The summed E-state index contributed by atoms with van der Waals surface area (Å²) in [4.78, 5) is 3.98. The highest BCUT2D eigenvalue weighted by molar-refractivity contribution is 9.10. The molecule has 0 spiro atoms. The minimum atomic E-state index is -0.354. The number of anilines is 1. The summed E-state index contributed by atoms with van der Waals surface area (Å²) in [5.74, 6) is 0.307. The van der Waals surface area contributed by atoms with E-state index in [0.29, 0.717) is 21.6 Å². The Kier molecular flexibility index (Phi) is 5.95. The van der Waals surface area contributed by atoms with E-state index >= 15 is 0 Å². The third-order valence-electron chi connectivity index (χ3n) is 2.65. The number of ether oxygens (including phenoxy) is 1. The molecule has 108 valence electrons. The van der Waals surface area contributed by atoms with Gasteiger partial charge in [-0.25, -0.2) is 4.39 Å². The van der Waals surface area contributed by atoms with Crippen LogP contribution in [-0.4, -0.2) is 12.1 Å². The van der Waals surface area contributed by atoms with Crippen molar-refractivity contribution in [1.82, 2.24) is 4.98 Å². The topological polar surface area (TPSA) is 48.1 Å². The van der Waals surface area contributed by atoms with Crippen molar-refractivity contribution in [3.63, 3.8) is 0 Å². The molecule has 3 nitrogen and oxygen atoms in total. The zero-order valence-corrected chi connectivity index (χ0v) is 13.6. The van der Waals surface area contributed by atoms with Crippen LogP contribution in [0.5, 0.6) is 5.88 Å². The summed E-state index contributed by atoms with van der Waals surface area (Å²) in [6, 6.07) is 4.67. The molecule has 0 aliphatic rings. The Morgan fingerprint density at radius 2 is 2.00 bits per heavy atom. The van der Waals surface area contributed by atoms with E-state index in [9.17, 15) is 4.39 Å². The number of methoxy groups -OCH3 is 1. The Hall–Kier alpha value is -1.62. The Balaban J connectivity index is 0.000000347. The molecule has 0 aliphatic carbocycles. The smallest absolute Gasteiger partial charge is 0.224 e. The molecule has 20 heavy (non-hydrogen) atoms. The second kappa shape index (κ2) is 7.24. The van der Waals surface area contributed by atoms with Crippen molar-refractivity contribution in [2.75, 3.05) is 12.8 Å². The van der Waals surface area contributed by atoms with E-state index in [-0.39, 0.29) is 5.82 Å². The van der Waals surface area contributed by atoms with Crippen molar-refractivity contribution in [3.05, 3.63) is 40.1 Å². The van der Waals surface area contributed by atoms with Crippen LogP contribution in [0.3, 0.4) is 0 Å². The van der Waals surface area contributed by atoms with E-state index in [1.54, 1.807) is 12.1 Å². The number of nitrogen functional groups attached to an aromatic ring is 1. The van der Waals surface area contributed by atoms with E-state index in [0.717, 1.165) is 5.39 Å². The molecule has 2 rings (SSSR count). The van der Waals surface area contributed by atoms with Gasteiger partial charge in [-0.2, -0.15) is 4.98 Å². The average Bonchev–Trinajstić information content (AvgIpc) is 2.42. The van der Waals surface area contributed by atoms with Gasteiger partial charge in [-0.1, -0.05) is 17.7 Å². The Morgan fingerprint density at radius 1 is 1.40 bits per heavy atom. The maximum absolute atomic E-state index is 13.3. The number of nitrogens with two attached hydrogens (primary N) is 1. The summed E-state index contributed by atoms with van der Waals surface area (Å²) < 4.78 is 18.7. The lowest BCUT2D eigenvalue weighted by molar-refractivity contribution is 0.403. The predicted octanol–water partition coefficient (Wildman–Crippen LogP) is 4.70. The third-order valence-corrected chi connectivity index (χ3v) is 3.42. The average molecular weight is 341 g/mol. The molecular formula is C15H18BrFN2O. The first-order valence-corrected chi connectivity index (χ1v) is 6.87. The van der Waals surface area contributed by atoms with E-state index < -0.39 is 0 Å². The van der Waals surface area contributed by atoms with Crippen molar-refractivity contribution in [1.29, 1.82) is 0 Å². The first-order valence-electron chi connectivity index (χ1n) is 6.08. The monoisotopic (exact) mass is 340 g/mol. The van der Waals surface area contributed by atoms with Crippen molar-refractivity contribution >= 4 is 32.5 Å². The van der Waals surface area contributed by atoms with Crippen LogP contribution in [0.4, 0.5) is 10.2 Å². The van der Waals surface area contributed by atoms with Gasteiger partial charge in [-0.05, 0) is 54.2 Å². The van der Waals surface area contributed by atoms with Crippen LogP contribution in [0.15, 0.2) is 34.3 Å². The number of benzene rings is 1. The van der Waals surface area contributed by atoms with Crippen LogP contribution in [0.1, 0.15) is 20.8 Å². The lowest BCUT2D eigenvalue weighted by Gasteiger charge is -2.07. The number of halogens is 2. The van der Waals surface area contributed by atoms with Crippen molar-refractivity contribution in [2.45, 2.75) is 20.8 Å². The molecule has 0 atom stereocenters. The number of allylic oxidation sites excluding steroid dienone is 2. The molecule has 0 fully saturated rings. The SMILES string of the molecule is CC=C(C)C.COc1nc(N)cc2ccc(F)c(Br)c12.